The SMILES string of the molecule is C=O.C=O.[I-].[Ru+2].c1ccc2c(c1)[cH-]c1ccccc12. The fourth-order valence-corrected chi connectivity index (χ4v) is 1.90. The summed E-state index contributed by atoms with van der Waals surface area (Å²) >= 11 is 0. The average molecular weight is 453 g/mol. The van der Waals surface area contributed by atoms with Gasteiger partial charge in [-0.3, -0.25) is 0 Å². The van der Waals surface area contributed by atoms with E-state index in [0.717, 1.165) is 0 Å². The summed E-state index contributed by atoms with van der Waals surface area (Å²) in [4.78, 5) is 16.0. The Balaban J connectivity index is 0. The van der Waals surface area contributed by atoms with Crippen molar-refractivity contribution in [2.75, 3.05) is 0 Å². The summed E-state index contributed by atoms with van der Waals surface area (Å²) in [6, 6.07) is 19.3. The Morgan fingerprint density at radius 3 is 1.37 bits per heavy atom. The van der Waals surface area contributed by atoms with E-state index in [0.29, 0.717) is 0 Å². The molecular weight excluding hydrogens is 440 g/mol. The average Bonchev–Trinajstić information content (AvgIpc) is 2.82. The maximum Gasteiger partial charge on any atom is 2.00 e. The summed E-state index contributed by atoms with van der Waals surface area (Å²) in [5.41, 5.74) is 0. The van der Waals surface area contributed by atoms with Crippen molar-refractivity contribution in [1.29, 1.82) is 0 Å². The quantitative estimate of drug-likeness (QED) is 0.280. The number of hydrogen-bond acceptors (Lipinski definition) is 2. The first-order valence-corrected chi connectivity index (χ1v) is 5.06. The molecule has 0 N–H and O–H groups in total. The van der Waals surface area contributed by atoms with Crippen molar-refractivity contribution in [3.8, 4) is 0 Å². The van der Waals surface area contributed by atoms with Crippen LogP contribution in [-0.4, -0.2) is 13.6 Å². The van der Waals surface area contributed by atoms with Gasteiger partial charge in [0.1, 0.15) is 13.6 Å². The van der Waals surface area contributed by atoms with Gasteiger partial charge in [0, 0.05) is 0 Å². The van der Waals surface area contributed by atoms with E-state index in [1.54, 1.807) is 0 Å². The molecule has 0 saturated carbocycles. The van der Waals surface area contributed by atoms with Crippen LogP contribution < -0.4 is 24.0 Å². The van der Waals surface area contributed by atoms with E-state index in [9.17, 15) is 0 Å². The second-order valence-corrected chi connectivity index (χ2v) is 3.32. The number of hydrogen-bond donors (Lipinski definition) is 0. The number of benzene rings is 2. The number of rotatable bonds is 0. The zero-order valence-corrected chi connectivity index (χ0v) is 14.1. The number of carbonyl (C=O) groups excluding carboxylic acids is 2. The first-order valence-electron chi connectivity index (χ1n) is 5.06. The molecule has 0 amide bonds. The molecule has 0 aliphatic heterocycles. The molecule has 0 atom stereocenters. The fourth-order valence-electron chi connectivity index (χ4n) is 1.90. The van der Waals surface area contributed by atoms with Gasteiger partial charge in [0.15, 0.2) is 0 Å². The molecule has 0 bridgehead atoms. The van der Waals surface area contributed by atoms with Gasteiger partial charge < -0.3 is 33.6 Å². The predicted molar refractivity (Wildman–Crippen MR) is 71.3 cm³/mol. The molecule has 2 nitrogen and oxygen atoms in total. The summed E-state index contributed by atoms with van der Waals surface area (Å²) in [6.45, 7) is 4.00. The molecule has 0 fully saturated rings. The van der Waals surface area contributed by atoms with Crippen LogP contribution >= 0.6 is 0 Å². The molecule has 0 unspecified atom stereocenters. The van der Waals surface area contributed by atoms with Gasteiger partial charge in [-0.2, -0.15) is 0 Å². The van der Waals surface area contributed by atoms with E-state index < -0.39 is 0 Å². The maximum atomic E-state index is 8.00. The van der Waals surface area contributed by atoms with Crippen molar-refractivity contribution in [3.05, 3.63) is 54.6 Å². The van der Waals surface area contributed by atoms with E-state index in [-0.39, 0.29) is 43.5 Å². The first-order chi connectivity index (χ1) is 8.45. The molecule has 19 heavy (non-hydrogen) atoms. The van der Waals surface area contributed by atoms with Gasteiger partial charge in [-0.1, -0.05) is 36.4 Å². The standard InChI is InChI=1S/C13H9.2CH2O.HI.Ru/c1-3-7-12-10(5-1)9-11-6-2-4-8-13(11)12;2*1-2;;/h1-9H;2*1H2;1H;/q-1;;;;+2/p-1. The van der Waals surface area contributed by atoms with Gasteiger partial charge in [0.05, 0.1) is 0 Å². The normalized spacial score (nSPS) is 8.00. The van der Waals surface area contributed by atoms with Crippen LogP contribution in [-0.2, 0) is 29.1 Å². The predicted octanol–water partition coefficient (Wildman–Crippen LogP) is 0.344. The number of carbonyl (C=O) groups is 2. The molecule has 4 heteroatoms. The van der Waals surface area contributed by atoms with Crippen molar-refractivity contribution in [2.45, 2.75) is 0 Å². The van der Waals surface area contributed by atoms with Gasteiger partial charge in [0.2, 0.25) is 0 Å². The van der Waals surface area contributed by atoms with Gasteiger partial charge in [0.25, 0.3) is 0 Å². The summed E-state index contributed by atoms with van der Waals surface area (Å²) < 4.78 is 0. The van der Waals surface area contributed by atoms with E-state index >= 15 is 0 Å². The van der Waals surface area contributed by atoms with E-state index in [2.05, 4.69) is 54.6 Å². The summed E-state index contributed by atoms with van der Waals surface area (Å²) in [7, 11) is 0. The number of halogens is 1. The van der Waals surface area contributed by atoms with Crippen LogP contribution in [0.15, 0.2) is 54.6 Å². The summed E-state index contributed by atoms with van der Waals surface area (Å²) in [5, 5.41) is 5.39. The van der Waals surface area contributed by atoms with Crippen molar-refractivity contribution in [1.82, 2.24) is 0 Å². The molecule has 0 aliphatic carbocycles. The minimum absolute atomic E-state index is 0. The molecule has 0 heterocycles. The Kier molecular flexibility index (Phi) is 11.6. The van der Waals surface area contributed by atoms with Gasteiger partial charge >= 0.3 is 19.5 Å². The maximum absolute atomic E-state index is 8.00. The van der Waals surface area contributed by atoms with Crippen LogP contribution in [0.1, 0.15) is 0 Å². The molecule has 3 aromatic rings. The largest absolute Gasteiger partial charge is 2.00 e. The van der Waals surface area contributed by atoms with Gasteiger partial charge in [-0.15, -0.1) is 39.7 Å². The second-order valence-electron chi connectivity index (χ2n) is 3.32. The van der Waals surface area contributed by atoms with Crippen molar-refractivity contribution in [3.63, 3.8) is 0 Å². The molecular formula is C15H13IO2Ru. The Labute approximate surface area is 142 Å². The first kappa shape index (κ1) is 20.3. The Morgan fingerprint density at radius 2 is 1.00 bits per heavy atom. The third-order valence-electron chi connectivity index (χ3n) is 2.52. The monoisotopic (exact) mass is 454 g/mol. The van der Waals surface area contributed by atoms with E-state index in [1.807, 2.05) is 13.6 Å². The Hall–Kier alpha value is -0.997. The minimum Gasteiger partial charge on any atom is -1.00 e. The molecule has 100 valence electrons. The summed E-state index contributed by atoms with van der Waals surface area (Å²) in [5.74, 6) is 0. The van der Waals surface area contributed by atoms with Crippen molar-refractivity contribution < 1.29 is 53.0 Å². The zero-order chi connectivity index (χ0) is 12.7. The van der Waals surface area contributed by atoms with Crippen LogP contribution in [0.25, 0.3) is 21.5 Å². The summed E-state index contributed by atoms with van der Waals surface area (Å²) in [6.07, 6.45) is 0. The molecule has 3 aromatic carbocycles. The molecule has 0 aromatic heterocycles. The third kappa shape index (κ3) is 4.55. The Morgan fingerprint density at radius 1 is 0.684 bits per heavy atom. The third-order valence-corrected chi connectivity index (χ3v) is 2.52. The van der Waals surface area contributed by atoms with Crippen LogP contribution in [0.5, 0.6) is 0 Å². The van der Waals surface area contributed by atoms with Crippen LogP contribution in [0, 0.1) is 0 Å². The molecule has 0 saturated heterocycles. The second kappa shape index (κ2) is 10.9. The molecule has 0 radical (unpaired) electrons. The van der Waals surface area contributed by atoms with Crippen molar-refractivity contribution >= 4 is 35.1 Å². The molecule has 0 aliphatic rings. The van der Waals surface area contributed by atoms with Gasteiger partial charge in [-0.25, -0.2) is 0 Å². The van der Waals surface area contributed by atoms with Crippen LogP contribution in [0.3, 0.4) is 0 Å². The molecule has 0 spiro atoms. The van der Waals surface area contributed by atoms with Crippen molar-refractivity contribution in [2.24, 2.45) is 0 Å². The van der Waals surface area contributed by atoms with Crippen LogP contribution in [0.2, 0.25) is 0 Å². The smallest absolute Gasteiger partial charge is 1.00 e. The zero-order valence-electron chi connectivity index (χ0n) is 10.2. The fraction of sp³-hybridized carbons (Fsp3) is 0. The minimum atomic E-state index is 0. The molecule has 3 rings (SSSR count). The van der Waals surface area contributed by atoms with E-state index in [4.69, 9.17) is 9.59 Å². The number of fused-ring (bicyclic) bond motifs is 3. The Bertz CT molecular complexity index is 555. The van der Waals surface area contributed by atoms with Crippen LogP contribution in [0.4, 0.5) is 0 Å². The van der Waals surface area contributed by atoms with Gasteiger partial charge in [-0.05, 0) is 0 Å². The topological polar surface area (TPSA) is 34.1 Å². The van der Waals surface area contributed by atoms with E-state index in [1.165, 1.54) is 21.5 Å².